The lowest BCUT2D eigenvalue weighted by Gasteiger charge is -2.34. The van der Waals surface area contributed by atoms with Crippen LogP contribution in [0.15, 0.2) is 0 Å². The zero-order valence-corrected chi connectivity index (χ0v) is 15.7. The van der Waals surface area contributed by atoms with E-state index in [1.165, 1.54) is 20.8 Å². The smallest absolute Gasteiger partial charge is 0.347 e. The summed E-state index contributed by atoms with van der Waals surface area (Å²) in [4.78, 5) is 35.4. The normalized spacial score (nSPS) is 24.1. The monoisotopic (exact) mass is 358 g/mol. The van der Waals surface area contributed by atoms with Crippen molar-refractivity contribution >= 4 is 17.9 Å². The van der Waals surface area contributed by atoms with E-state index in [0.29, 0.717) is 11.8 Å². The van der Waals surface area contributed by atoms with Gasteiger partial charge in [-0.15, -0.1) is 0 Å². The molecule has 0 amide bonds. The lowest BCUT2D eigenvalue weighted by Crippen LogP contribution is -2.39. The maximum Gasteiger partial charge on any atom is 0.347 e. The summed E-state index contributed by atoms with van der Waals surface area (Å²) in [5.41, 5.74) is 0. The maximum absolute atomic E-state index is 12.2. The second kappa shape index (κ2) is 9.75. The molecule has 0 aromatic rings. The highest BCUT2D eigenvalue weighted by Gasteiger charge is 2.33. The molecule has 0 aromatic heterocycles. The van der Waals surface area contributed by atoms with E-state index in [4.69, 9.17) is 19.3 Å². The van der Waals surface area contributed by atoms with Crippen molar-refractivity contribution in [2.45, 2.75) is 84.7 Å². The largest absolute Gasteiger partial charge is 0.459 e. The number of carbonyl (C=O) groups excluding carboxylic acids is 3. The first-order valence-electron chi connectivity index (χ1n) is 8.93. The van der Waals surface area contributed by atoms with E-state index in [-0.39, 0.29) is 6.10 Å². The minimum atomic E-state index is -1.34. The van der Waals surface area contributed by atoms with Crippen molar-refractivity contribution in [2.75, 3.05) is 0 Å². The molecule has 1 saturated carbocycles. The van der Waals surface area contributed by atoms with Crippen molar-refractivity contribution in [3.63, 3.8) is 0 Å². The maximum atomic E-state index is 12.2. The van der Waals surface area contributed by atoms with Crippen LogP contribution in [0.3, 0.4) is 0 Å². The van der Waals surface area contributed by atoms with Crippen LogP contribution >= 0.6 is 0 Å². The number of rotatable bonds is 7. The number of carbonyl (C=O) groups is 3. The molecule has 5 unspecified atom stereocenters. The fourth-order valence-corrected chi connectivity index (χ4v) is 2.92. The summed E-state index contributed by atoms with van der Waals surface area (Å²) in [6, 6.07) is 0. The third-order valence-corrected chi connectivity index (χ3v) is 4.47. The molecule has 0 aromatic carbocycles. The zero-order chi connectivity index (χ0) is 19.1. The summed E-state index contributed by atoms with van der Waals surface area (Å²) < 4.78 is 15.3. The highest BCUT2D eigenvalue weighted by molar-refractivity contribution is 5.83. The van der Waals surface area contributed by atoms with E-state index >= 15 is 0 Å². The number of aliphatic hydroxyl groups is 1. The molecule has 1 aliphatic rings. The Hall–Kier alpha value is -1.63. The molecule has 1 fully saturated rings. The van der Waals surface area contributed by atoms with Crippen LogP contribution in [0.4, 0.5) is 0 Å². The van der Waals surface area contributed by atoms with Crippen LogP contribution in [-0.4, -0.2) is 47.4 Å². The van der Waals surface area contributed by atoms with Gasteiger partial charge >= 0.3 is 17.9 Å². The third-order valence-electron chi connectivity index (χ3n) is 4.47. The van der Waals surface area contributed by atoms with Crippen molar-refractivity contribution < 1.29 is 33.7 Å². The Morgan fingerprint density at radius 2 is 1.36 bits per heavy atom. The first-order chi connectivity index (χ1) is 11.6. The highest BCUT2D eigenvalue weighted by Crippen LogP contribution is 2.32. The summed E-state index contributed by atoms with van der Waals surface area (Å²) in [6.45, 7) is 8.19. The molecule has 7 nitrogen and oxygen atoms in total. The SMILES string of the molecule is CC(O)C(=O)OC(C)C(=O)OC(C)C(=O)OC1CCCCC1C(C)C. The van der Waals surface area contributed by atoms with E-state index < -0.39 is 36.2 Å². The third kappa shape index (κ3) is 6.65. The van der Waals surface area contributed by atoms with E-state index in [9.17, 15) is 14.4 Å². The Bertz CT molecular complexity index is 472. The van der Waals surface area contributed by atoms with Gasteiger partial charge in [0.1, 0.15) is 12.2 Å². The van der Waals surface area contributed by atoms with Crippen LogP contribution in [0, 0.1) is 11.8 Å². The number of hydrogen-bond donors (Lipinski definition) is 1. The molecule has 0 aliphatic heterocycles. The van der Waals surface area contributed by atoms with E-state index in [0.717, 1.165) is 25.7 Å². The van der Waals surface area contributed by atoms with Crippen molar-refractivity contribution in [3.8, 4) is 0 Å². The van der Waals surface area contributed by atoms with Crippen molar-refractivity contribution in [2.24, 2.45) is 11.8 Å². The first kappa shape index (κ1) is 21.4. The number of esters is 3. The molecule has 5 atom stereocenters. The second-order valence-electron chi connectivity index (χ2n) is 7.00. The Morgan fingerprint density at radius 3 is 1.92 bits per heavy atom. The summed E-state index contributed by atoms with van der Waals surface area (Å²) >= 11 is 0. The summed E-state index contributed by atoms with van der Waals surface area (Å²) in [5.74, 6) is -1.66. The van der Waals surface area contributed by atoms with Gasteiger partial charge in [0.15, 0.2) is 12.2 Å². The molecule has 0 saturated heterocycles. The minimum absolute atomic E-state index is 0.159. The Morgan fingerprint density at radius 1 is 0.840 bits per heavy atom. The zero-order valence-electron chi connectivity index (χ0n) is 15.7. The molecule has 1 rings (SSSR count). The first-order valence-corrected chi connectivity index (χ1v) is 8.93. The molecule has 0 radical (unpaired) electrons. The molecule has 7 heteroatoms. The van der Waals surface area contributed by atoms with Gasteiger partial charge in [-0.05, 0) is 51.9 Å². The predicted octanol–water partition coefficient (Wildman–Crippen LogP) is 1.99. The predicted molar refractivity (Wildman–Crippen MR) is 89.5 cm³/mol. The standard InChI is InChI=1S/C18H30O7/c1-10(2)14-8-6-7-9-15(14)25-18(22)13(5)24-17(21)12(4)23-16(20)11(3)19/h10-15,19H,6-9H2,1-5H3. The number of hydrogen-bond acceptors (Lipinski definition) is 7. The number of ether oxygens (including phenoxy) is 3. The van der Waals surface area contributed by atoms with Gasteiger partial charge in [-0.3, -0.25) is 0 Å². The topological polar surface area (TPSA) is 99.1 Å². The fraction of sp³-hybridized carbons (Fsp3) is 0.833. The summed E-state index contributed by atoms with van der Waals surface area (Å²) in [6.07, 6.45) is 0.193. The highest BCUT2D eigenvalue weighted by atomic mass is 16.6. The van der Waals surface area contributed by atoms with Crippen LogP contribution in [0.1, 0.15) is 60.3 Å². The van der Waals surface area contributed by atoms with Crippen LogP contribution in [0.5, 0.6) is 0 Å². The van der Waals surface area contributed by atoms with Gasteiger partial charge in [-0.2, -0.15) is 0 Å². The van der Waals surface area contributed by atoms with E-state index in [1.54, 1.807) is 0 Å². The Labute approximate surface area is 149 Å². The lowest BCUT2D eigenvalue weighted by molar-refractivity contribution is -0.182. The molecule has 0 heterocycles. The van der Waals surface area contributed by atoms with Crippen LogP contribution in [0.2, 0.25) is 0 Å². The molecule has 25 heavy (non-hydrogen) atoms. The Kier molecular flexibility index (Phi) is 8.35. The molecule has 0 bridgehead atoms. The van der Waals surface area contributed by atoms with Crippen LogP contribution < -0.4 is 0 Å². The summed E-state index contributed by atoms with van der Waals surface area (Å²) in [7, 11) is 0. The van der Waals surface area contributed by atoms with E-state index in [1.807, 2.05) is 0 Å². The molecule has 1 aliphatic carbocycles. The molecule has 0 spiro atoms. The van der Waals surface area contributed by atoms with Crippen molar-refractivity contribution in [1.29, 1.82) is 0 Å². The fourth-order valence-electron chi connectivity index (χ4n) is 2.92. The quantitative estimate of drug-likeness (QED) is 0.549. The molecular weight excluding hydrogens is 328 g/mol. The van der Waals surface area contributed by atoms with Gasteiger partial charge in [0.05, 0.1) is 0 Å². The Balaban J connectivity index is 2.52. The summed E-state index contributed by atoms with van der Waals surface area (Å²) in [5, 5.41) is 9.07. The van der Waals surface area contributed by atoms with Crippen LogP contribution in [0.25, 0.3) is 0 Å². The van der Waals surface area contributed by atoms with Crippen molar-refractivity contribution in [3.05, 3.63) is 0 Å². The van der Waals surface area contributed by atoms with Crippen molar-refractivity contribution in [1.82, 2.24) is 0 Å². The second-order valence-corrected chi connectivity index (χ2v) is 7.00. The van der Waals surface area contributed by atoms with Gasteiger partial charge in [-0.25, -0.2) is 14.4 Å². The lowest BCUT2D eigenvalue weighted by atomic mass is 9.79. The molecular formula is C18H30O7. The van der Waals surface area contributed by atoms with Gasteiger partial charge < -0.3 is 19.3 Å². The van der Waals surface area contributed by atoms with Gasteiger partial charge in [0.2, 0.25) is 0 Å². The van der Waals surface area contributed by atoms with Gasteiger partial charge in [0, 0.05) is 0 Å². The molecule has 144 valence electrons. The van der Waals surface area contributed by atoms with Crippen LogP contribution in [-0.2, 0) is 28.6 Å². The minimum Gasteiger partial charge on any atom is -0.459 e. The van der Waals surface area contributed by atoms with E-state index in [2.05, 4.69) is 13.8 Å². The average molecular weight is 358 g/mol. The molecule has 1 N–H and O–H groups in total. The number of aliphatic hydroxyl groups excluding tert-OH is 1. The average Bonchev–Trinajstić information content (AvgIpc) is 2.54. The van der Waals surface area contributed by atoms with Gasteiger partial charge in [-0.1, -0.05) is 20.3 Å². The van der Waals surface area contributed by atoms with Gasteiger partial charge in [0.25, 0.3) is 0 Å².